The third kappa shape index (κ3) is 6.08. The summed E-state index contributed by atoms with van der Waals surface area (Å²) in [4.78, 5) is 30.3. The molecule has 1 rings (SSSR count). The van der Waals surface area contributed by atoms with Gasteiger partial charge in [-0.3, -0.25) is 9.59 Å². The van der Waals surface area contributed by atoms with Crippen molar-refractivity contribution in [3.63, 3.8) is 0 Å². The van der Waals surface area contributed by atoms with Gasteiger partial charge in [0.05, 0.1) is 29.8 Å². The maximum absolute atomic E-state index is 12.0. The van der Waals surface area contributed by atoms with Gasteiger partial charge < -0.3 is 16.0 Å². The molecule has 6 nitrogen and oxygen atoms in total. The van der Waals surface area contributed by atoms with Gasteiger partial charge in [-0.25, -0.2) is 4.98 Å². The van der Waals surface area contributed by atoms with E-state index in [1.807, 2.05) is 13.8 Å². The first-order valence-corrected chi connectivity index (χ1v) is 7.40. The maximum atomic E-state index is 12.0. The number of carbonyl (C=O) groups is 2. The number of hydrogen-bond donors (Lipinski definition) is 2. The molecule has 9 heteroatoms. The molecule has 22 heavy (non-hydrogen) atoms. The molecule has 0 saturated heterocycles. The lowest BCUT2D eigenvalue weighted by Gasteiger charge is -2.24. The van der Waals surface area contributed by atoms with E-state index >= 15 is 0 Å². The summed E-state index contributed by atoms with van der Waals surface area (Å²) in [7, 11) is 1.73. The molecule has 128 valence electrons. The lowest BCUT2D eigenvalue weighted by Crippen LogP contribution is -2.41. The zero-order valence-corrected chi connectivity index (χ0v) is 15.7. The van der Waals surface area contributed by atoms with E-state index in [4.69, 9.17) is 5.73 Å². The Bertz CT molecular complexity index is 496. The minimum absolute atomic E-state index is 0. The number of aromatic nitrogens is 1. The van der Waals surface area contributed by atoms with Crippen molar-refractivity contribution in [1.82, 2.24) is 15.2 Å². The Kier molecular flexibility index (Phi) is 11.4. The molecule has 0 fully saturated rings. The van der Waals surface area contributed by atoms with Gasteiger partial charge in [-0.1, -0.05) is 6.92 Å². The standard InChI is InChI=1S/C13H22N4O2S.2ClH/c1-5-11-16-8(2)13(20-11)9(3)17(4)12(19)7-15-10(18)6-14;;/h9H,5-7,14H2,1-4H3,(H,15,18);2*1H. The fraction of sp³-hybridized carbons (Fsp3) is 0.615. The number of likely N-dealkylation sites (N-methyl/N-ethyl adjacent to an activating group) is 1. The quantitative estimate of drug-likeness (QED) is 0.792. The Morgan fingerprint density at radius 2 is 2.00 bits per heavy atom. The lowest BCUT2D eigenvalue weighted by atomic mass is 10.2. The predicted molar refractivity (Wildman–Crippen MR) is 94.0 cm³/mol. The van der Waals surface area contributed by atoms with Gasteiger partial charge in [-0.05, 0) is 20.3 Å². The summed E-state index contributed by atoms with van der Waals surface area (Å²) in [5.41, 5.74) is 6.14. The summed E-state index contributed by atoms with van der Waals surface area (Å²) in [5, 5.41) is 3.55. The van der Waals surface area contributed by atoms with E-state index < -0.39 is 0 Å². The van der Waals surface area contributed by atoms with E-state index in [0.29, 0.717) is 0 Å². The highest BCUT2D eigenvalue weighted by Gasteiger charge is 2.21. The van der Waals surface area contributed by atoms with Gasteiger partial charge in [0.15, 0.2) is 0 Å². The van der Waals surface area contributed by atoms with Crippen LogP contribution in [0.2, 0.25) is 0 Å². The van der Waals surface area contributed by atoms with Crippen LogP contribution in [-0.2, 0) is 16.0 Å². The molecule has 1 aromatic rings. The number of nitrogens with one attached hydrogen (secondary N) is 1. The molecule has 0 aliphatic carbocycles. The third-order valence-corrected chi connectivity index (χ3v) is 4.63. The second kappa shape index (κ2) is 10.8. The van der Waals surface area contributed by atoms with Gasteiger partial charge in [0.25, 0.3) is 0 Å². The molecule has 1 heterocycles. The number of aryl methyl sites for hydroxylation is 2. The van der Waals surface area contributed by atoms with Crippen molar-refractivity contribution >= 4 is 48.0 Å². The molecule has 0 aliphatic heterocycles. The Morgan fingerprint density at radius 3 is 2.45 bits per heavy atom. The van der Waals surface area contributed by atoms with Gasteiger partial charge in [0.2, 0.25) is 11.8 Å². The molecule has 0 radical (unpaired) electrons. The van der Waals surface area contributed by atoms with E-state index in [1.54, 1.807) is 23.3 Å². The monoisotopic (exact) mass is 370 g/mol. The molecule has 1 aromatic heterocycles. The lowest BCUT2D eigenvalue weighted by molar-refractivity contribution is -0.133. The molecule has 0 saturated carbocycles. The average molecular weight is 371 g/mol. The summed E-state index contributed by atoms with van der Waals surface area (Å²) in [6.45, 7) is 5.83. The summed E-state index contributed by atoms with van der Waals surface area (Å²) < 4.78 is 0. The van der Waals surface area contributed by atoms with Crippen LogP contribution in [0.1, 0.15) is 35.5 Å². The van der Waals surface area contributed by atoms with Crippen molar-refractivity contribution in [3.05, 3.63) is 15.6 Å². The topological polar surface area (TPSA) is 88.3 Å². The molecule has 1 unspecified atom stereocenters. The van der Waals surface area contributed by atoms with Crippen molar-refractivity contribution in [2.75, 3.05) is 20.1 Å². The van der Waals surface area contributed by atoms with Crippen LogP contribution < -0.4 is 11.1 Å². The zero-order valence-electron chi connectivity index (χ0n) is 13.2. The third-order valence-electron chi connectivity index (χ3n) is 3.16. The van der Waals surface area contributed by atoms with Crippen molar-refractivity contribution in [3.8, 4) is 0 Å². The highest BCUT2D eigenvalue weighted by molar-refractivity contribution is 7.11. The van der Waals surface area contributed by atoms with E-state index in [-0.39, 0.29) is 55.8 Å². The fourth-order valence-corrected chi connectivity index (χ4v) is 2.87. The predicted octanol–water partition coefficient (Wildman–Crippen LogP) is 1.45. The Labute approximate surface area is 147 Å². The number of amides is 2. The van der Waals surface area contributed by atoms with Crippen LogP contribution >= 0.6 is 36.2 Å². The molecule has 1 atom stereocenters. The van der Waals surface area contributed by atoms with E-state index in [1.165, 1.54) is 0 Å². The highest BCUT2D eigenvalue weighted by Crippen LogP contribution is 2.28. The van der Waals surface area contributed by atoms with Crippen molar-refractivity contribution < 1.29 is 9.59 Å². The van der Waals surface area contributed by atoms with E-state index in [9.17, 15) is 9.59 Å². The van der Waals surface area contributed by atoms with Crippen LogP contribution in [0.4, 0.5) is 0 Å². The average Bonchev–Trinajstić information content (AvgIpc) is 2.83. The second-order valence-electron chi connectivity index (χ2n) is 4.57. The number of halogens is 2. The molecule has 0 aromatic carbocycles. The van der Waals surface area contributed by atoms with Gasteiger partial charge in [-0.15, -0.1) is 36.2 Å². The van der Waals surface area contributed by atoms with Crippen LogP contribution in [0, 0.1) is 6.92 Å². The first kappa shape index (κ1) is 23.4. The Morgan fingerprint density at radius 1 is 1.41 bits per heavy atom. The van der Waals surface area contributed by atoms with Gasteiger partial charge in [-0.2, -0.15) is 0 Å². The smallest absolute Gasteiger partial charge is 0.242 e. The number of nitrogens with zero attached hydrogens (tertiary/aromatic N) is 2. The minimum Gasteiger partial charge on any atom is -0.346 e. The van der Waals surface area contributed by atoms with Gasteiger partial charge >= 0.3 is 0 Å². The second-order valence-corrected chi connectivity index (χ2v) is 5.69. The van der Waals surface area contributed by atoms with Crippen molar-refractivity contribution in [2.24, 2.45) is 5.73 Å². The van der Waals surface area contributed by atoms with Crippen LogP contribution in [0.5, 0.6) is 0 Å². The summed E-state index contributed by atoms with van der Waals surface area (Å²) in [5.74, 6) is -0.480. The number of hydrogen-bond acceptors (Lipinski definition) is 5. The molecule has 0 aliphatic rings. The number of nitrogens with two attached hydrogens (primary N) is 1. The SMILES string of the molecule is CCc1nc(C)c(C(C)N(C)C(=O)CNC(=O)CN)s1.Cl.Cl. The number of carbonyl (C=O) groups excluding carboxylic acids is 2. The van der Waals surface area contributed by atoms with Crippen LogP contribution in [0.25, 0.3) is 0 Å². The number of thiazole rings is 1. The summed E-state index contributed by atoms with van der Waals surface area (Å²) in [6, 6.07) is -0.0601. The zero-order chi connectivity index (χ0) is 15.3. The maximum Gasteiger partial charge on any atom is 0.242 e. The van der Waals surface area contributed by atoms with Gasteiger partial charge in [0, 0.05) is 11.9 Å². The Balaban J connectivity index is 0. The molecule has 0 bridgehead atoms. The molecule has 0 spiro atoms. The first-order chi connectivity index (χ1) is 9.40. The fourth-order valence-electron chi connectivity index (χ4n) is 1.77. The minimum atomic E-state index is -0.332. The van der Waals surface area contributed by atoms with E-state index in [0.717, 1.165) is 22.0 Å². The van der Waals surface area contributed by atoms with Crippen molar-refractivity contribution in [2.45, 2.75) is 33.2 Å². The number of rotatable bonds is 6. The normalized spacial score (nSPS) is 11.0. The highest BCUT2D eigenvalue weighted by atomic mass is 35.5. The molecular formula is C13H24Cl2N4O2S. The molecular weight excluding hydrogens is 347 g/mol. The molecule has 3 N–H and O–H groups in total. The van der Waals surface area contributed by atoms with Crippen molar-refractivity contribution in [1.29, 1.82) is 0 Å². The van der Waals surface area contributed by atoms with Gasteiger partial charge in [0.1, 0.15) is 0 Å². The van der Waals surface area contributed by atoms with Crippen LogP contribution in [-0.4, -0.2) is 41.8 Å². The largest absolute Gasteiger partial charge is 0.346 e. The van der Waals surface area contributed by atoms with Crippen LogP contribution in [0.15, 0.2) is 0 Å². The Hall–Kier alpha value is -0.890. The summed E-state index contributed by atoms with van der Waals surface area (Å²) >= 11 is 1.63. The molecule has 2 amide bonds. The van der Waals surface area contributed by atoms with E-state index in [2.05, 4.69) is 17.2 Å². The van der Waals surface area contributed by atoms with Crippen LogP contribution in [0.3, 0.4) is 0 Å². The summed E-state index contributed by atoms with van der Waals surface area (Å²) in [6.07, 6.45) is 0.891. The first-order valence-electron chi connectivity index (χ1n) is 6.59.